The average molecular weight is 1000 g/mol. The highest BCUT2D eigenvalue weighted by Gasteiger charge is 2.19. The van der Waals surface area contributed by atoms with Gasteiger partial charge in [-0.15, -0.1) is 0 Å². The Kier molecular flexibility index (Phi) is 54.6. The van der Waals surface area contributed by atoms with Gasteiger partial charge in [0, 0.05) is 19.3 Å². The highest BCUT2D eigenvalue weighted by Crippen LogP contribution is 2.11. The molecule has 0 saturated heterocycles. The van der Waals surface area contributed by atoms with Crippen LogP contribution in [0.25, 0.3) is 0 Å². The molecule has 1 atom stereocenters. The summed E-state index contributed by atoms with van der Waals surface area (Å²) in [4.78, 5) is 38.2. The van der Waals surface area contributed by atoms with Crippen molar-refractivity contribution in [3.8, 4) is 0 Å². The van der Waals surface area contributed by atoms with Crippen LogP contribution in [0.1, 0.15) is 201 Å². The molecular formula is C67H100O6. The van der Waals surface area contributed by atoms with Crippen molar-refractivity contribution in [1.82, 2.24) is 0 Å². The first-order valence-electron chi connectivity index (χ1n) is 28.3. The number of carbonyl (C=O) groups excluding carboxylic acids is 3. The van der Waals surface area contributed by atoms with Crippen LogP contribution in [0.5, 0.6) is 0 Å². The van der Waals surface area contributed by atoms with Crippen molar-refractivity contribution < 1.29 is 28.6 Å². The van der Waals surface area contributed by atoms with E-state index in [1.54, 1.807) is 0 Å². The van der Waals surface area contributed by atoms with E-state index >= 15 is 0 Å². The van der Waals surface area contributed by atoms with E-state index in [1.165, 1.54) is 0 Å². The lowest BCUT2D eigenvalue weighted by molar-refractivity contribution is -0.166. The van der Waals surface area contributed by atoms with E-state index in [0.717, 1.165) is 154 Å². The molecule has 6 nitrogen and oxygen atoms in total. The topological polar surface area (TPSA) is 78.9 Å². The quantitative estimate of drug-likeness (QED) is 0.0262. The van der Waals surface area contributed by atoms with Crippen LogP contribution in [0.2, 0.25) is 0 Å². The van der Waals surface area contributed by atoms with Crippen molar-refractivity contribution in [2.75, 3.05) is 13.2 Å². The van der Waals surface area contributed by atoms with Crippen LogP contribution in [-0.4, -0.2) is 37.2 Å². The molecule has 0 bridgehead atoms. The molecular weight excluding hydrogens is 901 g/mol. The number of hydrogen-bond donors (Lipinski definition) is 0. The number of carbonyl (C=O) groups is 3. The van der Waals surface area contributed by atoms with Gasteiger partial charge in [-0.1, -0.05) is 222 Å². The molecule has 0 aliphatic heterocycles. The summed E-state index contributed by atoms with van der Waals surface area (Å²) < 4.78 is 16.7. The van der Waals surface area contributed by atoms with Crippen molar-refractivity contribution in [3.05, 3.63) is 182 Å². The van der Waals surface area contributed by atoms with Gasteiger partial charge in [0.2, 0.25) is 0 Å². The molecule has 0 rings (SSSR count). The minimum atomic E-state index is -0.855. The summed E-state index contributed by atoms with van der Waals surface area (Å²) in [5.41, 5.74) is 0. The van der Waals surface area contributed by atoms with Gasteiger partial charge < -0.3 is 14.2 Å². The molecule has 0 saturated carbocycles. The molecule has 0 heterocycles. The maximum absolute atomic E-state index is 12.8. The van der Waals surface area contributed by atoms with Crippen LogP contribution in [0.4, 0.5) is 0 Å². The number of unbranched alkanes of at least 4 members (excludes halogenated alkanes) is 7. The van der Waals surface area contributed by atoms with Crippen molar-refractivity contribution >= 4 is 17.9 Å². The lowest BCUT2D eigenvalue weighted by atomic mass is 10.1. The molecule has 6 heteroatoms. The first kappa shape index (κ1) is 67.5. The molecule has 73 heavy (non-hydrogen) atoms. The van der Waals surface area contributed by atoms with Gasteiger partial charge in [0.25, 0.3) is 0 Å². The molecule has 0 aromatic rings. The van der Waals surface area contributed by atoms with Gasteiger partial charge in [-0.25, -0.2) is 0 Å². The summed E-state index contributed by atoms with van der Waals surface area (Å²) in [5, 5.41) is 0. The summed E-state index contributed by atoms with van der Waals surface area (Å²) in [6.07, 6.45) is 88.9. The Labute approximate surface area is 446 Å². The Morgan fingerprint density at radius 1 is 0.274 bits per heavy atom. The highest BCUT2D eigenvalue weighted by molar-refractivity contribution is 5.71. The third-order valence-corrected chi connectivity index (χ3v) is 10.9. The van der Waals surface area contributed by atoms with Gasteiger partial charge in [-0.05, 0) is 141 Å². The van der Waals surface area contributed by atoms with Crippen molar-refractivity contribution in [2.45, 2.75) is 207 Å². The first-order chi connectivity index (χ1) is 36.0. The van der Waals surface area contributed by atoms with Crippen LogP contribution in [0, 0.1) is 0 Å². The van der Waals surface area contributed by atoms with Gasteiger partial charge in [0.1, 0.15) is 13.2 Å². The number of rotatable bonds is 48. The SMILES string of the molecule is CC/C=C\C/C=C\C/C=C\C/C=C\C/C=C\C/C=C\CCC(=O)O[C@H](COC(=O)CCCCC/C=C\C/C=C\C/C=C\C/C=C\C/C=C\CC)COC(=O)CCCCCC/C=C\C/C=C\C/C=C\C/C=C\CC. The molecule has 0 aromatic carbocycles. The van der Waals surface area contributed by atoms with Crippen molar-refractivity contribution in [3.63, 3.8) is 0 Å². The molecule has 0 aliphatic rings. The molecule has 0 N–H and O–H groups in total. The third-order valence-electron chi connectivity index (χ3n) is 10.9. The monoisotopic (exact) mass is 1000 g/mol. The summed E-state index contributed by atoms with van der Waals surface area (Å²) in [5.74, 6) is -1.10. The largest absolute Gasteiger partial charge is 0.462 e. The van der Waals surface area contributed by atoms with E-state index in [2.05, 4.69) is 191 Å². The number of ether oxygens (including phenoxy) is 3. The smallest absolute Gasteiger partial charge is 0.306 e. The van der Waals surface area contributed by atoms with Crippen molar-refractivity contribution in [1.29, 1.82) is 0 Å². The molecule has 0 aromatic heterocycles. The second-order valence-electron chi connectivity index (χ2n) is 17.7. The van der Waals surface area contributed by atoms with Crippen LogP contribution < -0.4 is 0 Å². The predicted octanol–water partition coefficient (Wildman–Crippen LogP) is 19.3. The predicted molar refractivity (Wildman–Crippen MR) is 315 cm³/mol. The minimum Gasteiger partial charge on any atom is -0.462 e. The number of esters is 3. The number of hydrogen-bond acceptors (Lipinski definition) is 6. The summed E-state index contributed by atoms with van der Waals surface area (Å²) in [6, 6.07) is 0. The summed E-state index contributed by atoms with van der Waals surface area (Å²) in [6.45, 7) is 6.16. The average Bonchev–Trinajstić information content (AvgIpc) is 3.39. The van der Waals surface area contributed by atoms with Crippen molar-refractivity contribution in [2.24, 2.45) is 0 Å². The maximum atomic E-state index is 12.8. The Hall–Kier alpha value is -5.49. The highest BCUT2D eigenvalue weighted by atomic mass is 16.6. The molecule has 0 fully saturated rings. The standard InChI is InChI=1S/C67H100O6/c1-4-7-10-13-16-19-22-25-28-31-33-36-39-42-45-48-51-54-57-60-66(69)72-63-64(62-71-65(68)59-56-53-50-47-44-41-38-35-30-27-24-21-18-15-12-9-6-3)73-67(70)61-58-55-52-49-46-43-40-37-34-32-29-26-23-20-17-14-11-8-5-2/h7-12,16-21,25-30,33-34,36-38,41-43,45-46,52,55,64H,4-6,13-15,22-24,31-32,35,39-40,44,47-51,53-54,56-63H2,1-3H3/b10-7-,11-8-,12-9-,19-16-,20-17-,21-18-,28-25-,29-26-,30-27-,36-33-,37-34-,41-38-,45-42-,46-43-,55-52-/t64-/m0/s1. The molecule has 0 unspecified atom stereocenters. The fraction of sp³-hybridized carbons (Fsp3) is 0.507. The molecule has 0 amide bonds. The zero-order chi connectivity index (χ0) is 52.9. The Bertz CT molecular complexity index is 1770. The lowest BCUT2D eigenvalue weighted by Crippen LogP contribution is -2.30. The van der Waals surface area contributed by atoms with Crippen LogP contribution in [-0.2, 0) is 28.6 Å². The fourth-order valence-electron chi connectivity index (χ4n) is 6.78. The fourth-order valence-corrected chi connectivity index (χ4v) is 6.78. The Morgan fingerprint density at radius 3 is 0.822 bits per heavy atom. The van der Waals surface area contributed by atoms with Crippen LogP contribution in [0.3, 0.4) is 0 Å². The summed E-state index contributed by atoms with van der Waals surface area (Å²) in [7, 11) is 0. The van der Waals surface area contributed by atoms with Gasteiger partial charge in [0.05, 0.1) is 0 Å². The zero-order valence-corrected chi connectivity index (χ0v) is 46.1. The van der Waals surface area contributed by atoms with E-state index in [-0.39, 0.29) is 38.0 Å². The van der Waals surface area contributed by atoms with Gasteiger partial charge in [0.15, 0.2) is 6.10 Å². The second-order valence-corrected chi connectivity index (χ2v) is 17.7. The van der Waals surface area contributed by atoms with Gasteiger partial charge in [-0.3, -0.25) is 14.4 Å². The van der Waals surface area contributed by atoms with E-state index in [0.29, 0.717) is 12.8 Å². The number of allylic oxidation sites excluding steroid dienone is 30. The molecule has 0 spiro atoms. The first-order valence-corrected chi connectivity index (χ1v) is 28.3. The maximum Gasteiger partial charge on any atom is 0.306 e. The molecule has 0 aliphatic carbocycles. The Balaban J connectivity index is 4.66. The van der Waals surface area contributed by atoms with Crippen LogP contribution in [0.15, 0.2) is 182 Å². The van der Waals surface area contributed by atoms with Crippen LogP contribution >= 0.6 is 0 Å². The summed E-state index contributed by atoms with van der Waals surface area (Å²) >= 11 is 0. The van der Waals surface area contributed by atoms with E-state index in [4.69, 9.17) is 14.2 Å². The minimum absolute atomic E-state index is 0.142. The van der Waals surface area contributed by atoms with E-state index < -0.39 is 12.1 Å². The molecule has 0 radical (unpaired) electrons. The Morgan fingerprint density at radius 2 is 0.521 bits per heavy atom. The van der Waals surface area contributed by atoms with E-state index in [9.17, 15) is 14.4 Å². The lowest BCUT2D eigenvalue weighted by Gasteiger charge is -2.18. The zero-order valence-electron chi connectivity index (χ0n) is 46.1. The second kappa shape index (κ2) is 59.1. The third kappa shape index (κ3) is 57.3. The van der Waals surface area contributed by atoms with Gasteiger partial charge in [-0.2, -0.15) is 0 Å². The van der Waals surface area contributed by atoms with E-state index in [1.807, 2.05) is 12.2 Å². The molecule has 404 valence electrons. The normalized spacial score (nSPS) is 13.5. The van der Waals surface area contributed by atoms with Gasteiger partial charge >= 0.3 is 17.9 Å².